The molecular formula is C15H19N3O2. The predicted octanol–water partition coefficient (Wildman–Crippen LogP) is 0.826. The van der Waals surface area contributed by atoms with Gasteiger partial charge < -0.3 is 11.1 Å². The van der Waals surface area contributed by atoms with Crippen LogP contribution in [0.15, 0.2) is 30.3 Å². The average Bonchev–Trinajstić information content (AvgIpc) is 2.39. The van der Waals surface area contributed by atoms with Crippen LogP contribution in [0.4, 0.5) is 5.69 Å². The van der Waals surface area contributed by atoms with Crippen LogP contribution < -0.4 is 11.1 Å². The number of hydrogen-bond acceptors (Lipinski definition) is 3. The molecule has 3 N–H and O–H groups in total. The van der Waals surface area contributed by atoms with E-state index in [1.54, 1.807) is 17.0 Å². The Labute approximate surface area is 119 Å². The van der Waals surface area contributed by atoms with Gasteiger partial charge in [-0.3, -0.25) is 14.5 Å². The van der Waals surface area contributed by atoms with Gasteiger partial charge in [-0.2, -0.15) is 0 Å². The largest absolute Gasteiger partial charge is 0.369 e. The van der Waals surface area contributed by atoms with Gasteiger partial charge in [0.15, 0.2) is 0 Å². The van der Waals surface area contributed by atoms with E-state index in [2.05, 4.69) is 17.2 Å². The van der Waals surface area contributed by atoms with E-state index >= 15 is 0 Å². The Morgan fingerprint density at radius 2 is 1.90 bits per heavy atom. The lowest BCUT2D eigenvalue weighted by atomic mass is 10.3. The molecule has 0 radical (unpaired) electrons. The lowest BCUT2D eigenvalue weighted by Gasteiger charge is -2.17. The highest BCUT2D eigenvalue weighted by Gasteiger charge is 2.12. The van der Waals surface area contributed by atoms with Gasteiger partial charge in [0.25, 0.3) is 0 Å². The van der Waals surface area contributed by atoms with Gasteiger partial charge in [0.05, 0.1) is 19.6 Å². The highest BCUT2D eigenvalue weighted by Crippen LogP contribution is 2.04. The molecule has 20 heavy (non-hydrogen) atoms. The monoisotopic (exact) mass is 273 g/mol. The van der Waals surface area contributed by atoms with Crippen LogP contribution in [0.5, 0.6) is 0 Å². The maximum Gasteiger partial charge on any atom is 0.238 e. The van der Waals surface area contributed by atoms with Crippen molar-refractivity contribution in [2.45, 2.75) is 13.3 Å². The Hall–Kier alpha value is -2.32. The summed E-state index contributed by atoms with van der Waals surface area (Å²) in [5.74, 6) is 5.12. The average molecular weight is 273 g/mol. The van der Waals surface area contributed by atoms with Gasteiger partial charge in [0.1, 0.15) is 0 Å². The Morgan fingerprint density at radius 1 is 1.20 bits per heavy atom. The second-order valence-corrected chi connectivity index (χ2v) is 4.23. The Bertz CT molecular complexity index is 503. The molecule has 0 fully saturated rings. The highest BCUT2D eigenvalue weighted by atomic mass is 16.2. The maximum absolute atomic E-state index is 11.9. The summed E-state index contributed by atoms with van der Waals surface area (Å²) in [7, 11) is 0. The zero-order chi connectivity index (χ0) is 14.8. The summed E-state index contributed by atoms with van der Waals surface area (Å²) in [6.07, 6.45) is 0.737. The lowest BCUT2D eigenvalue weighted by Crippen LogP contribution is -2.39. The van der Waals surface area contributed by atoms with Crippen LogP contribution in [0.2, 0.25) is 0 Å². The van der Waals surface area contributed by atoms with Crippen LogP contribution in [-0.2, 0) is 9.59 Å². The summed E-state index contributed by atoms with van der Waals surface area (Å²) in [5, 5.41) is 2.76. The minimum Gasteiger partial charge on any atom is -0.369 e. The summed E-state index contributed by atoms with van der Waals surface area (Å²) in [5.41, 5.74) is 5.88. The topological polar surface area (TPSA) is 75.4 Å². The molecule has 2 amide bonds. The lowest BCUT2D eigenvalue weighted by molar-refractivity contribution is -0.120. The first-order valence-corrected chi connectivity index (χ1v) is 6.43. The summed E-state index contributed by atoms with van der Waals surface area (Å²) in [6.45, 7) is 2.38. The fourth-order valence-electron chi connectivity index (χ4n) is 1.61. The van der Waals surface area contributed by atoms with Crippen LogP contribution in [0.3, 0.4) is 0 Å². The van der Waals surface area contributed by atoms with Crippen molar-refractivity contribution in [3.8, 4) is 11.8 Å². The Kier molecular flexibility index (Phi) is 6.87. The molecule has 0 aliphatic carbocycles. The van der Waals surface area contributed by atoms with E-state index in [4.69, 9.17) is 5.73 Å². The second-order valence-electron chi connectivity index (χ2n) is 4.23. The Balaban J connectivity index is 2.54. The molecule has 0 saturated carbocycles. The van der Waals surface area contributed by atoms with Crippen molar-refractivity contribution < 1.29 is 9.59 Å². The fourth-order valence-corrected chi connectivity index (χ4v) is 1.61. The number of hydrogen-bond donors (Lipinski definition) is 2. The van der Waals surface area contributed by atoms with Crippen molar-refractivity contribution in [1.29, 1.82) is 0 Å². The van der Waals surface area contributed by atoms with Gasteiger partial charge in [-0.25, -0.2) is 0 Å². The summed E-state index contributed by atoms with van der Waals surface area (Å²) in [6, 6.07) is 9.14. The molecule has 0 aliphatic rings. The van der Waals surface area contributed by atoms with E-state index in [0.29, 0.717) is 6.54 Å². The number of carbonyl (C=O) groups excluding carboxylic acids is 2. The van der Waals surface area contributed by atoms with Crippen LogP contribution >= 0.6 is 0 Å². The van der Waals surface area contributed by atoms with Crippen molar-refractivity contribution in [2.75, 3.05) is 25.0 Å². The number of rotatable bonds is 6. The molecule has 5 nitrogen and oxygen atoms in total. The molecule has 0 spiro atoms. The van der Waals surface area contributed by atoms with Crippen molar-refractivity contribution >= 4 is 17.5 Å². The van der Waals surface area contributed by atoms with Crippen LogP contribution in [0.1, 0.15) is 13.3 Å². The van der Waals surface area contributed by atoms with Crippen molar-refractivity contribution in [3.05, 3.63) is 30.3 Å². The van der Waals surface area contributed by atoms with Crippen molar-refractivity contribution in [2.24, 2.45) is 5.73 Å². The second kappa shape index (κ2) is 8.73. The molecule has 1 aromatic carbocycles. The maximum atomic E-state index is 11.9. The minimum atomic E-state index is -0.476. The molecule has 0 unspecified atom stereocenters. The first-order valence-electron chi connectivity index (χ1n) is 6.43. The van der Waals surface area contributed by atoms with Gasteiger partial charge in [-0.05, 0) is 12.1 Å². The van der Waals surface area contributed by atoms with Crippen LogP contribution in [0.25, 0.3) is 0 Å². The minimum absolute atomic E-state index is 0.0145. The van der Waals surface area contributed by atoms with Gasteiger partial charge in [-0.15, -0.1) is 5.92 Å². The summed E-state index contributed by atoms with van der Waals surface area (Å²) < 4.78 is 0. The molecule has 0 heterocycles. The number of anilines is 1. The van der Waals surface area contributed by atoms with Gasteiger partial charge in [0.2, 0.25) is 11.8 Å². The number of para-hydroxylation sites is 1. The SMILES string of the molecule is CCC#CCN(CC(N)=O)CC(=O)Nc1ccccc1. The molecule has 1 rings (SSSR count). The zero-order valence-electron chi connectivity index (χ0n) is 11.6. The van der Waals surface area contributed by atoms with Gasteiger partial charge in [0, 0.05) is 12.1 Å². The molecule has 5 heteroatoms. The number of benzene rings is 1. The van der Waals surface area contributed by atoms with E-state index in [9.17, 15) is 9.59 Å². The molecule has 0 aromatic heterocycles. The van der Waals surface area contributed by atoms with Crippen molar-refractivity contribution in [3.63, 3.8) is 0 Å². The van der Waals surface area contributed by atoms with E-state index < -0.39 is 5.91 Å². The first-order chi connectivity index (χ1) is 9.61. The standard InChI is InChI=1S/C15H19N3O2/c1-2-3-7-10-18(11-14(16)19)12-15(20)17-13-8-5-4-6-9-13/h4-6,8-9H,2,10-12H2,1H3,(H2,16,19)(H,17,20). The van der Waals surface area contributed by atoms with Gasteiger partial charge in [-0.1, -0.05) is 31.0 Å². The normalized spacial score (nSPS) is 9.70. The van der Waals surface area contributed by atoms with E-state index in [0.717, 1.165) is 12.1 Å². The molecule has 1 aromatic rings. The van der Waals surface area contributed by atoms with Crippen LogP contribution in [-0.4, -0.2) is 36.3 Å². The van der Waals surface area contributed by atoms with E-state index in [1.165, 1.54) is 0 Å². The third-order valence-electron chi connectivity index (χ3n) is 2.41. The molecule has 0 atom stereocenters. The number of nitrogens with zero attached hydrogens (tertiary/aromatic N) is 1. The summed E-state index contributed by atoms with van der Waals surface area (Å²) in [4.78, 5) is 24.5. The number of amides is 2. The highest BCUT2D eigenvalue weighted by molar-refractivity contribution is 5.92. The summed E-state index contributed by atoms with van der Waals surface area (Å²) >= 11 is 0. The number of primary amides is 1. The third-order valence-corrected chi connectivity index (χ3v) is 2.41. The molecule has 0 bridgehead atoms. The Morgan fingerprint density at radius 3 is 2.50 bits per heavy atom. The molecular weight excluding hydrogens is 254 g/mol. The zero-order valence-corrected chi connectivity index (χ0v) is 11.6. The van der Waals surface area contributed by atoms with Crippen molar-refractivity contribution in [1.82, 2.24) is 4.90 Å². The number of carbonyl (C=O) groups is 2. The molecule has 106 valence electrons. The fraction of sp³-hybridized carbons (Fsp3) is 0.333. The smallest absolute Gasteiger partial charge is 0.238 e. The number of nitrogens with one attached hydrogen (secondary N) is 1. The molecule has 0 aliphatic heterocycles. The van der Waals surface area contributed by atoms with Gasteiger partial charge >= 0.3 is 0 Å². The molecule has 0 saturated heterocycles. The number of nitrogens with two attached hydrogens (primary N) is 1. The van der Waals surface area contributed by atoms with E-state index in [1.807, 2.05) is 25.1 Å². The first kappa shape index (κ1) is 15.7. The predicted molar refractivity (Wildman–Crippen MR) is 78.8 cm³/mol. The van der Waals surface area contributed by atoms with Crippen LogP contribution in [0, 0.1) is 11.8 Å². The van der Waals surface area contributed by atoms with E-state index in [-0.39, 0.29) is 19.0 Å². The third kappa shape index (κ3) is 6.57. The quantitative estimate of drug-likeness (QED) is 0.754.